The second kappa shape index (κ2) is 6.09. The van der Waals surface area contributed by atoms with Gasteiger partial charge in [0.05, 0.1) is 5.52 Å². The minimum atomic E-state index is -0.0411. The lowest BCUT2D eigenvalue weighted by molar-refractivity contribution is 0.165. The fourth-order valence-electron chi connectivity index (χ4n) is 4.98. The fraction of sp³-hybridized carbons (Fsp3) is 0.522. The second-order valence-electron chi connectivity index (χ2n) is 9.70. The average molecular weight is 406 g/mol. The van der Waals surface area contributed by atoms with Crippen LogP contribution in [0.2, 0.25) is 0 Å². The van der Waals surface area contributed by atoms with Crippen molar-refractivity contribution >= 4 is 16.6 Å². The number of hydrogen-bond donors (Lipinski definition) is 1. The number of hydrogen-bond acceptors (Lipinski definition) is 5. The van der Waals surface area contributed by atoms with Crippen LogP contribution < -0.4 is 15.2 Å². The molecule has 1 aromatic carbocycles. The number of nitrogens with one attached hydrogen (secondary N) is 1. The lowest BCUT2D eigenvalue weighted by Crippen LogP contribution is -2.36. The van der Waals surface area contributed by atoms with Crippen molar-refractivity contribution in [2.75, 3.05) is 18.0 Å². The van der Waals surface area contributed by atoms with Gasteiger partial charge in [-0.1, -0.05) is 6.42 Å². The Morgan fingerprint density at radius 1 is 1.13 bits per heavy atom. The molecule has 3 fully saturated rings. The van der Waals surface area contributed by atoms with E-state index >= 15 is 0 Å². The zero-order valence-electron chi connectivity index (χ0n) is 17.6. The van der Waals surface area contributed by atoms with Gasteiger partial charge in [-0.3, -0.25) is 9.89 Å². The van der Waals surface area contributed by atoms with Crippen LogP contribution in [0.1, 0.15) is 45.4 Å². The first-order chi connectivity index (χ1) is 14.4. The minimum absolute atomic E-state index is 0.0348. The topological polar surface area (TPSA) is 76.0 Å². The van der Waals surface area contributed by atoms with Crippen molar-refractivity contribution < 1.29 is 4.74 Å². The molecule has 3 heterocycles. The van der Waals surface area contributed by atoms with E-state index in [0.29, 0.717) is 11.1 Å². The summed E-state index contributed by atoms with van der Waals surface area (Å²) in [7, 11) is 1.72. The van der Waals surface area contributed by atoms with Gasteiger partial charge in [-0.05, 0) is 68.7 Å². The van der Waals surface area contributed by atoms with Crippen LogP contribution in [-0.4, -0.2) is 38.7 Å². The number of nitrogens with zero attached hydrogens (tertiary/aromatic N) is 4. The smallest absolute Gasteiger partial charge is 0.290 e. The summed E-state index contributed by atoms with van der Waals surface area (Å²) >= 11 is 0. The molecule has 0 atom stereocenters. The number of benzene rings is 1. The van der Waals surface area contributed by atoms with Crippen LogP contribution in [0.25, 0.3) is 22.3 Å². The number of aryl methyl sites for hydroxylation is 1. The number of ether oxygens (including phenoxy) is 1. The minimum Gasteiger partial charge on any atom is -0.488 e. The maximum atomic E-state index is 12.9. The third-order valence-electron chi connectivity index (χ3n) is 7.33. The SMILES string of the molecule is Cn1nc(-c2n[nH]c3ccc(OC4(C)CC4)cc23)cc(N2CCC3(CCC3)C2)c1=O. The van der Waals surface area contributed by atoms with E-state index in [9.17, 15) is 4.79 Å². The van der Waals surface area contributed by atoms with Gasteiger partial charge in [0.2, 0.25) is 0 Å². The normalized spacial score (nSPS) is 21.2. The van der Waals surface area contributed by atoms with Gasteiger partial charge in [0, 0.05) is 25.5 Å². The van der Waals surface area contributed by atoms with Gasteiger partial charge in [0.25, 0.3) is 5.56 Å². The average Bonchev–Trinajstić information content (AvgIpc) is 3.11. The van der Waals surface area contributed by atoms with Crippen molar-refractivity contribution in [1.82, 2.24) is 20.0 Å². The summed E-state index contributed by atoms with van der Waals surface area (Å²) < 4.78 is 7.59. The van der Waals surface area contributed by atoms with Gasteiger partial charge in [0.1, 0.15) is 28.4 Å². The van der Waals surface area contributed by atoms with Gasteiger partial charge < -0.3 is 9.64 Å². The number of aromatic nitrogens is 4. The van der Waals surface area contributed by atoms with Gasteiger partial charge in [0.15, 0.2) is 0 Å². The molecule has 156 valence electrons. The summed E-state index contributed by atoms with van der Waals surface area (Å²) in [6.07, 6.45) is 7.24. The van der Waals surface area contributed by atoms with Gasteiger partial charge in [-0.2, -0.15) is 10.2 Å². The van der Waals surface area contributed by atoms with Crippen molar-refractivity contribution in [3.8, 4) is 17.1 Å². The molecule has 0 amide bonds. The van der Waals surface area contributed by atoms with Gasteiger partial charge in [-0.15, -0.1) is 0 Å². The third kappa shape index (κ3) is 2.82. The standard InChI is InChI=1S/C23H27N5O2/c1-22(8-9-22)30-15-4-5-17-16(12-15)20(25-24-17)18-13-19(21(29)27(2)26-18)28-11-10-23(14-28)6-3-7-23/h4-5,12-13H,3,6-11,14H2,1-2H3,(H,24,25). The van der Waals surface area contributed by atoms with E-state index in [0.717, 1.165) is 54.0 Å². The molecule has 1 spiro atoms. The van der Waals surface area contributed by atoms with Gasteiger partial charge in [-0.25, -0.2) is 4.68 Å². The molecule has 6 rings (SSSR count). The van der Waals surface area contributed by atoms with E-state index in [2.05, 4.69) is 27.1 Å². The molecular formula is C23H27N5O2. The number of rotatable bonds is 4. The Kier molecular flexibility index (Phi) is 3.65. The molecule has 1 saturated heterocycles. The van der Waals surface area contributed by atoms with Crippen LogP contribution in [0.4, 0.5) is 5.69 Å². The molecule has 2 aliphatic carbocycles. The first-order valence-corrected chi connectivity index (χ1v) is 10.9. The first-order valence-electron chi connectivity index (χ1n) is 10.9. The van der Waals surface area contributed by atoms with Crippen LogP contribution >= 0.6 is 0 Å². The Morgan fingerprint density at radius 3 is 2.67 bits per heavy atom. The zero-order chi connectivity index (χ0) is 20.5. The third-order valence-corrected chi connectivity index (χ3v) is 7.33. The summed E-state index contributed by atoms with van der Waals surface area (Å²) in [5.74, 6) is 0.849. The zero-order valence-corrected chi connectivity index (χ0v) is 17.6. The van der Waals surface area contributed by atoms with E-state index in [1.807, 2.05) is 24.3 Å². The maximum absolute atomic E-state index is 12.9. The molecule has 30 heavy (non-hydrogen) atoms. The van der Waals surface area contributed by atoms with Crippen LogP contribution in [-0.2, 0) is 7.05 Å². The van der Waals surface area contributed by atoms with Crippen molar-refractivity contribution in [1.29, 1.82) is 0 Å². The molecule has 0 radical (unpaired) electrons. The Morgan fingerprint density at radius 2 is 1.97 bits per heavy atom. The van der Waals surface area contributed by atoms with E-state index < -0.39 is 0 Å². The van der Waals surface area contributed by atoms with E-state index in [1.54, 1.807) is 7.05 Å². The molecule has 1 N–H and O–H groups in total. The van der Waals surface area contributed by atoms with E-state index in [-0.39, 0.29) is 11.2 Å². The summed E-state index contributed by atoms with van der Waals surface area (Å²) in [5.41, 5.74) is 3.49. The fourth-order valence-corrected chi connectivity index (χ4v) is 4.98. The number of anilines is 1. The molecule has 1 aliphatic heterocycles. The van der Waals surface area contributed by atoms with Crippen molar-refractivity contribution in [3.05, 3.63) is 34.6 Å². The number of aromatic amines is 1. The quantitative estimate of drug-likeness (QED) is 0.717. The monoisotopic (exact) mass is 405 g/mol. The number of fused-ring (bicyclic) bond motifs is 1. The highest BCUT2D eigenvalue weighted by Crippen LogP contribution is 2.48. The lowest BCUT2D eigenvalue weighted by atomic mass is 9.68. The van der Waals surface area contributed by atoms with Crippen LogP contribution in [0.15, 0.2) is 29.1 Å². The highest BCUT2D eigenvalue weighted by Gasteiger charge is 2.43. The molecule has 7 heteroatoms. The molecule has 3 aromatic rings. The first kappa shape index (κ1) is 18.0. The molecule has 0 bridgehead atoms. The highest BCUT2D eigenvalue weighted by atomic mass is 16.5. The van der Waals surface area contributed by atoms with Crippen molar-refractivity contribution in [3.63, 3.8) is 0 Å². The maximum Gasteiger partial charge on any atom is 0.290 e. The predicted octanol–water partition coefficient (Wildman–Crippen LogP) is 3.64. The summed E-state index contributed by atoms with van der Waals surface area (Å²) in [5, 5.41) is 13.1. The largest absolute Gasteiger partial charge is 0.488 e. The second-order valence-corrected chi connectivity index (χ2v) is 9.70. The molecular weight excluding hydrogens is 378 g/mol. The lowest BCUT2D eigenvalue weighted by Gasteiger charge is -2.38. The Hall–Kier alpha value is -2.83. The highest BCUT2D eigenvalue weighted by molar-refractivity contribution is 5.93. The Balaban J connectivity index is 1.40. The van der Waals surface area contributed by atoms with Crippen LogP contribution in [0, 0.1) is 5.41 Å². The van der Waals surface area contributed by atoms with Crippen molar-refractivity contribution in [2.24, 2.45) is 12.5 Å². The molecule has 0 unspecified atom stereocenters. The Labute approximate surface area is 175 Å². The molecule has 2 saturated carbocycles. The summed E-state index contributed by atoms with van der Waals surface area (Å²) in [6, 6.07) is 7.93. The van der Waals surface area contributed by atoms with E-state index in [4.69, 9.17) is 4.74 Å². The Bertz CT molecular complexity index is 1200. The van der Waals surface area contributed by atoms with Crippen LogP contribution in [0.5, 0.6) is 5.75 Å². The summed E-state index contributed by atoms with van der Waals surface area (Å²) in [6.45, 7) is 4.05. The predicted molar refractivity (Wildman–Crippen MR) is 116 cm³/mol. The van der Waals surface area contributed by atoms with Gasteiger partial charge >= 0.3 is 0 Å². The molecule has 3 aliphatic rings. The molecule has 2 aromatic heterocycles. The summed E-state index contributed by atoms with van der Waals surface area (Å²) in [4.78, 5) is 15.1. The number of H-pyrrole nitrogens is 1. The van der Waals surface area contributed by atoms with E-state index in [1.165, 1.54) is 30.4 Å². The van der Waals surface area contributed by atoms with Crippen LogP contribution in [0.3, 0.4) is 0 Å². The van der Waals surface area contributed by atoms with Crippen molar-refractivity contribution in [2.45, 2.75) is 51.0 Å². The molecule has 7 nitrogen and oxygen atoms in total.